The van der Waals surface area contributed by atoms with E-state index in [-0.39, 0.29) is 23.6 Å². The molecule has 3 N–H and O–H groups in total. The van der Waals surface area contributed by atoms with Gasteiger partial charge in [-0.25, -0.2) is 4.79 Å². The van der Waals surface area contributed by atoms with Gasteiger partial charge in [0.2, 0.25) is 5.91 Å². The number of rotatable bonds is 7. The van der Waals surface area contributed by atoms with Crippen LogP contribution in [0.4, 0.5) is 21.9 Å². The second kappa shape index (κ2) is 11.0. The molecule has 164 valence electrons. The molecule has 0 heterocycles. The Kier molecular flexibility index (Phi) is 7.88. The minimum Gasteiger partial charge on any atom is -0.348 e. The van der Waals surface area contributed by atoms with Crippen LogP contribution in [0, 0.1) is 0 Å². The Morgan fingerprint density at radius 3 is 2.06 bits per heavy atom. The van der Waals surface area contributed by atoms with Crippen molar-refractivity contribution in [2.75, 3.05) is 35.8 Å². The highest BCUT2D eigenvalue weighted by atomic mass is 32.2. The van der Waals surface area contributed by atoms with Crippen LogP contribution in [0.5, 0.6) is 0 Å². The second-order valence-electron chi connectivity index (χ2n) is 7.05. The van der Waals surface area contributed by atoms with E-state index < -0.39 is 0 Å². The van der Waals surface area contributed by atoms with Crippen molar-refractivity contribution >= 4 is 46.7 Å². The predicted molar refractivity (Wildman–Crippen MR) is 129 cm³/mol. The van der Waals surface area contributed by atoms with Crippen LogP contribution in [-0.2, 0) is 4.79 Å². The van der Waals surface area contributed by atoms with Crippen molar-refractivity contribution in [1.29, 1.82) is 0 Å². The SMILES string of the molecule is CN(C)C(=O)CSc1ccccc1C(=O)Nc1cccc(NC(=O)Nc2ccccc2)c1. The first-order valence-corrected chi connectivity index (χ1v) is 10.9. The van der Waals surface area contributed by atoms with Gasteiger partial charge in [0.15, 0.2) is 0 Å². The summed E-state index contributed by atoms with van der Waals surface area (Å²) < 4.78 is 0. The molecule has 0 aliphatic heterocycles. The molecule has 0 radical (unpaired) electrons. The number of benzene rings is 3. The lowest BCUT2D eigenvalue weighted by Gasteiger charge is -2.13. The number of anilines is 3. The number of hydrogen-bond acceptors (Lipinski definition) is 4. The molecule has 0 atom stereocenters. The van der Waals surface area contributed by atoms with E-state index in [0.717, 1.165) is 4.90 Å². The van der Waals surface area contributed by atoms with Crippen molar-refractivity contribution in [2.45, 2.75) is 4.90 Å². The van der Waals surface area contributed by atoms with E-state index >= 15 is 0 Å². The van der Waals surface area contributed by atoms with E-state index in [2.05, 4.69) is 16.0 Å². The number of hydrogen-bond donors (Lipinski definition) is 3. The fourth-order valence-corrected chi connectivity index (χ4v) is 3.76. The van der Waals surface area contributed by atoms with E-state index in [9.17, 15) is 14.4 Å². The Hall–Kier alpha value is -3.78. The Morgan fingerprint density at radius 1 is 0.750 bits per heavy atom. The predicted octanol–water partition coefficient (Wildman–Crippen LogP) is 4.76. The van der Waals surface area contributed by atoms with Crippen LogP contribution in [0.3, 0.4) is 0 Å². The maximum Gasteiger partial charge on any atom is 0.323 e. The van der Waals surface area contributed by atoms with Gasteiger partial charge in [-0.05, 0) is 42.5 Å². The molecule has 0 saturated carbocycles. The standard InChI is InChI=1S/C24H24N4O3S/c1-28(2)22(29)16-32-21-14-7-6-13-20(21)23(30)25-18-11-8-12-19(15-18)27-24(31)26-17-9-4-3-5-10-17/h3-15H,16H2,1-2H3,(H,25,30)(H2,26,27,31). The van der Waals surface area contributed by atoms with Gasteiger partial charge >= 0.3 is 6.03 Å². The lowest BCUT2D eigenvalue weighted by Crippen LogP contribution is -2.23. The van der Waals surface area contributed by atoms with Gasteiger partial charge in [-0.15, -0.1) is 11.8 Å². The zero-order valence-corrected chi connectivity index (χ0v) is 18.6. The Balaban J connectivity index is 1.65. The highest BCUT2D eigenvalue weighted by molar-refractivity contribution is 8.00. The number of urea groups is 1. The lowest BCUT2D eigenvalue weighted by atomic mass is 10.2. The molecule has 3 rings (SSSR count). The molecule has 0 fully saturated rings. The summed E-state index contributed by atoms with van der Waals surface area (Å²) in [6, 6.07) is 22.7. The van der Waals surface area contributed by atoms with Crippen molar-refractivity contribution < 1.29 is 14.4 Å². The Morgan fingerprint density at radius 2 is 1.34 bits per heavy atom. The molecule has 32 heavy (non-hydrogen) atoms. The summed E-state index contributed by atoms with van der Waals surface area (Å²) in [6.45, 7) is 0. The third-order valence-corrected chi connectivity index (χ3v) is 5.45. The monoisotopic (exact) mass is 448 g/mol. The van der Waals surface area contributed by atoms with Gasteiger partial charge in [0.05, 0.1) is 11.3 Å². The van der Waals surface area contributed by atoms with E-state index in [1.165, 1.54) is 16.7 Å². The van der Waals surface area contributed by atoms with E-state index in [1.54, 1.807) is 62.6 Å². The molecule has 0 aliphatic carbocycles. The summed E-state index contributed by atoms with van der Waals surface area (Å²) in [5.41, 5.74) is 2.23. The normalized spacial score (nSPS) is 10.2. The van der Waals surface area contributed by atoms with Crippen LogP contribution in [0.1, 0.15) is 10.4 Å². The summed E-state index contributed by atoms with van der Waals surface area (Å²) in [7, 11) is 3.39. The van der Waals surface area contributed by atoms with E-state index in [0.29, 0.717) is 22.6 Å². The summed E-state index contributed by atoms with van der Waals surface area (Å²) in [6.07, 6.45) is 0. The number of carbonyl (C=O) groups excluding carboxylic acids is 3. The fourth-order valence-electron chi connectivity index (χ4n) is 2.74. The third kappa shape index (κ3) is 6.61. The average molecular weight is 449 g/mol. The maximum absolute atomic E-state index is 12.9. The molecule has 7 nitrogen and oxygen atoms in total. The van der Waals surface area contributed by atoms with Crippen LogP contribution in [0.25, 0.3) is 0 Å². The van der Waals surface area contributed by atoms with Crippen molar-refractivity contribution in [3.05, 3.63) is 84.4 Å². The number of para-hydroxylation sites is 1. The van der Waals surface area contributed by atoms with E-state index in [4.69, 9.17) is 0 Å². The first-order chi connectivity index (χ1) is 15.4. The summed E-state index contributed by atoms with van der Waals surface area (Å²) >= 11 is 1.32. The first kappa shape index (κ1) is 22.9. The van der Waals surface area contributed by atoms with Crippen LogP contribution < -0.4 is 16.0 Å². The van der Waals surface area contributed by atoms with Crippen molar-refractivity contribution in [3.63, 3.8) is 0 Å². The zero-order valence-electron chi connectivity index (χ0n) is 17.8. The van der Waals surface area contributed by atoms with E-state index in [1.807, 2.05) is 30.3 Å². The number of carbonyl (C=O) groups is 3. The first-order valence-electron chi connectivity index (χ1n) is 9.89. The molecule has 0 bridgehead atoms. The highest BCUT2D eigenvalue weighted by Gasteiger charge is 2.14. The molecule has 0 aliphatic rings. The molecule has 4 amide bonds. The number of thioether (sulfide) groups is 1. The van der Waals surface area contributed by atoms with Gasteiger partial charge in [-0.2, -0.15) is 0 Å². The van der Waals surface area contributed by atoms with Gasteiger partial charge in [-0.1, -0.05) is 36.4 Å². The largest absolute Gasteiger partial charge is 0.348 e. The average Bonchev–Trinajstić information content (AvgIpc) is 2.78. The molecular formula is C24H24N4O3S. The van der Waals surface area contributed by atoms with Crippen LogP contribution in [0.15, 0.2) is 83.8 Å². The quantitative estimate of drug-likeness (QED) is 0.455. The maximum atomic E-state index is 12.9. The van der Waals surface area contributed by atoms with Crippen molar-refractivity contribution in [2.24, 2.45) is 0 Å². The molecule has 8 heteroatoms. The van der Waals surface area contributed by atoms with Crippen LogP contribution in [-0.4, -0.2) is 42.6 Å². The fraction of sp³-hybridized carbons (Fsp3) is 0.125. The molecule has 0 saturated heterocycles. The number of nitrogens with one attached hydrogen (secondary N) is 3. The van der Waals surface area contributed by atoms with Gasteiger partial charge in [-0.3, -0.25) is 9.59 Å². The van der Waals surface area contributed by atoms with Gasteiger partial charge < -0.3 is 20.9 Å². The smallest absolute Gasteiger partial charge is 0.323 e. The number of amides is 4. The molecule has 3 aromatic rings. The van der Waals surface area contributed by atoms with Crippen LogP contribution in [0.2, 0.25) is 0 Å². The molecule has 3 aromatic carbocycles. The topological polar surface area (TPSA) is 90.5 Å². The van der Waals surface area contributed by atoms with Gasteiger partial charge in [0.25, 0.3) is 5.91 Å². The minimum atomic E-state index is -0.382. The Bertz CT molecular complexity index is 1100. The third-order valence-electron chi connectivity index (χ3n) is 4.39. The summed E-state index contributed by atoms with van der Waals surface area (Å²) in [5, 5.41) is 8.35. The Labute approximate surface area is 191 Å². The lowest BCUT2D eigenvalue weighted by molar-refractivity contribution is -0.125. The summed E-state index contributed by atoms with van der Waals surface area (Å²) in [4.78, 5) is 39.2. The molecule has 0 spiro atoms. The highest BCUT2D eigenvalue weighted by Crippen LogP contribution is 2.24. The van der Waals surface area contributed by atoms with Crippen molar-refractivity contribution in [1.82, 2.24) is 4.90 Å². The zero-order chi connectivity index (χ0) is 22.9. The summed E-state index contributed by atoms with van der Waals surface area (Å²) in [5.74, 6) is -0.0817. The minimum absolute atomic E-state index is 0.0298. The van der Waals surface area contributed by atoms with Crippen LogP contribution >= 0.6 is 11.8 Å². The van der Waals surface area contributed by atoms with Gasteiger partial charge in [0.1, 0.15) is 0 Å². The number of nitrogens with zero attached hydrogens (tertiary/aromatic N) is 1. The van der Waals surface area contributed by atoms with Gasteiger partial charge in [0, 0.05) is 36.1 Å². The molecule has 0 aromatic heterocycles. The second-order valence-corrected chi connectivity index (χ2v) is 8.07. The van der Waals surface area contributed by atoms with Crippen molar-refractivity contribution in [3.8, 4) is 0 Å². The molecular weight excluding hydrogens is 424 g/mol. The molecule has 0 unspecified atom stereocenters.